The summed E-state index contributed by atoms with van der Waals surface area (Å²) in [7, 11) is 0. The van der Waals surface area contributed by atoms with Crippen molar-refractivity contribution in [2.24, 2.45) is 0 Å². The smallest absolute Gasteiger partial charge is 0.0624 e. The molecule has 1 nitrogen and oxygen atoms in total. The molecule has 12 aromatic carbocycles. The maximum Gasteiger partial charge on any atom is 0.0624 e. The Hall–Kier alpha value is -9.04. The van der Waals surface area contributed by atoms with Crippen molar-refractivity contribution in [2.45, 2.75) is 19.3 Å². The zero-order valence-electron chi connectivity index (χ0n) is 40.4. The highest BCUT2D eigenvalue weighted by Crippen LogP contribution is 2.54. The van der Waals surface area contributed by atoms with Crippen molar-refractivity contribution in [1.29, 1.82) is 0 Å². The van der Waals surface area contributed by atoms with Gasteiger partial charge in [0, 0.05) is 27.7 Å². The molecule has 0 bridgehead atoms. The second-order valence-corrected chi connectivity index (χ2v) is 19.6. The van der Waals surface area contributed by atoms with Gasteiger partial charge in [0.05, 0.1) is 5.69 Å². The van der Waals surface area contributed by atoms with Crippen molar-refractivity contribution in [1.82, 2.24) is 0 Å². The minimum absolute atomic E-state index is 0.199. The van der Waals surface area contributed by atoms with Crippen molar-refractivity contribution < 1.29 is 0 Å². The third kappa shape index (κ3) is 7.41. The average Bonchev–Trinajstić information content (AvgIpc) is 3.68. The van der Waals surface area contributed by atoms with E-state index in [2.05, 4.69) is 292 Å². The minimum atomic E-state index is -0.199. The summed E-state index contributed by atoms with van der Waals surface area (Å²) in [6.45, 7) is 4.76. The van der Waals surface area contributed by atoms with Crippen LogP contribution >= 0.6 is 0 Å². The topological polar surface area (TPSA) is 3.24 Å². The predicted molar refractivity (Wildman–Crippen MR) is 306 cm³/mol. The van der Waals surface area contributed by atoms with Crippen molar-refractivity contribution in [3.8, 4) is 77.9 Å². The SMILES string of the molecule is CC1(C)c2ccccc2-c2ccc(N(c3ccc(-c4ccc(-c5ccccc5)cc4)c(-c4ccccc4)c3)c3c(-c4cccc(-c5cccc(-c6ccccc6)c5)c4)c4ccccc4c4ccccc34)cc21. The fourth-order valence-corrected chi connectivity index (χ4v) is 11.5. The number of hydrogen-bond donors (Lipinski definition) is 0. The fourth-order valence-electron chi connectivity index (χ4n) is 11.5. The molecule has 1 aliphatic rings. The molecule has 1 aliphatic carbocycles. The molecule has 12 aromatic rings. The van der Waals surface area contributed by atoms with Gasteiger partial charge < -0.3 is 4.90 Å². The second kappa shape index (κ2) is 17.7. The van der Waals surface area contributed by atoms with E-state index in [9.17, 15) is 0 Å². The number of nitrogens with zero attached hydrogens (tertiary/aromatic N) is 1. The Labute approximate surface area is 422 Å². The Morgan fingerprint density at radius 2 is 0.667 bits per heavy atom. The van der Waals surface area contributed by atoms with Gasteiger partial charge >= 0.3 is 0 Å². The fraction of sp³-hybridized carbons (Fsp3) is 0.0423. The summed E-state index contributed by atoms with van der Waals surface area (Å²) in [5.41, 5.74) is 22.7. The molecule has 0 radical (unpaired) electrons. The van der Waals surface area contributed by atoms with Gasteiger partial charge in [-0.2, -0.15) is 0 Å². The van der Waals surface area contributed by atoms with Gasteiger partial charge in [-0.1, -0.05) is 250 Å². The van der Waals surface area contributed by atoms with Crippen LogP contribution in [0.1, 0.15) is 25.0 Å². The first-order chi connectivity index (χ1) is 35.5. The molecule has 72 heavy (non-hydrogen) atoms. The quantitative estimate of drug-likeness (QED) is 0.130. The summed E-state index contributed by atoms with van der Waals surface area (Å²) in [6.07, 6.45) is 0. The molecule has 0 N–H and O–H groups in total. The number of benzene rings is 12. The first kappa shape index (κ1) is 43.0. The van der Waals surface area contributed by atoms with E-state index in [0.717, 1.165) is 22.6 Å². The van der Waals surface area contributed by atoms with E-state index in [4.69, 9.17) is 0 Å². The van der Waals surface area contributed by atoms with Crippen LogP contribution < -0.4 is 4.90 Å². The summed E-state index contributed by atoms with van der Waals surface area (Å²) in [5.74, 6) is 0. The van der Waals surface area contributed by atoms with E-state index in [0.29, 0.717) is 0 Å². The van der Waals surface area contributed by atoms with Crippen LogP contribution in [-0.4, -0.2) is 0 Å². The van der Waals surface area contributed by atoms with Gasteiger partial charge in [-0.05, 0) is 136 Å². The van der Waals surface area contributed by atoms with Crippen molar-refractivity contribution >= 4 is 38.6 Å². The molecule has 0 aliphatic heterocycles. The van der Waals surface area contributed by atoms with Gasteiger partial charge in [-0.15, -0.1) is 0 Å². The van der Waals surface area contributed by atoms with Crippen LogP contribution in [0, 0.1) is 0 Å². The summed E-state index contributed by atoms with van der Waals surface area (Å²) in [6, 6.07) is 101. The zero-order chi connectivity index (χ0) is 48.2. The van der Waals surface area contributed by atoms with Gasteiger partial charge in [-0.3, -0.25) is 0 Å². The summed E-state index contributed by atoms with van der Waals surface area (Å²) < 4.78 is 0. The van der Waals surface area contributed by atoms with Crippen LogP contribution in [0.4, 0.5) is 17.1 Å². The third-order valence-corrected chi connectivity index (χ3v) is 15.1. The van der Waals surface area contributed by atoms with Gasteiger partial charge in [0.15, 0.2) is 0 Å². The van der Waals surface area contributed by atoms with E-state index in [1.54, 1.807) is 0 Å². The van der Waals surface area contributed by atoms with Crippen LogP contribution in [0.2, 0.25) is 0 Å². The summed E-state index contributed by atoms with van der Waals surface area (Å²) >= 11 is 0. The Morgan fingerprint density at radius 1 is 0.250 bits per heavy atom. The highest BCUT2D eigenvalue weighted by molar-refractivity contribution is 6.22. The lowest BCUT2D eigenvalue weighted by Gasteiger charge is -2.32. The van der Waals surface area contributed by atoms with E-state index in [1.807, 2.05) is 0 Å². The Kier molecular flexibility index (Phi) is 10.6. The standard InChI is InChI=1S/C71H51N/c1-71(2)67-35-17-16-32-62(67)63-43-41-58(47-68(63)71)72(57-40-42-59(66(46-57)51-24-10-5-11-25-51)52-38-36-50(37-39-52)48-20-6-3-7-21-48)70-65-34-15-13-31-61(65)60-30-12-14-33-64(60)69(70)56-29-19-28-55(45-56)54-27-18-26-53(44-54)49-22-8-4-9-23-49/h3-47H,1-2H3. The van der Waals surface area contributed by atoms with Crippen molar-refractivity contribution in [3.05, 3.63) is 284 Å². The highest BCUT2D eigenvalue weighted by atomic mass is 15.1. The van der Waals surface area contributed by atoms with Crippen molar-refractivity contribution in [2.75, 3.05) is 4.90 Å². The first-order valence-electron chi connectivity index (χ1n) is 25.1. The molecule has 0 atom stereocenters. The second-order valence-electron chi connectivity index (χ2n) is 19.6. The number of anilines is 3. The maximum absolute atomic E-state index is 2.57. The first-order valence-corrected chi connectivity index (χ1v) is 25.1. The van der Waals surface area contributed by atoms with Crippen LogP contribution in [0.25, 0.3) is 99.4 Å². The molecule has 0 aromatic heterocycles. The van der Waals surface area contributed by atoms with Gasteiger partial charge in [-0.25, -0.2) is 0 Å². The number of rotatable bonds is 9. The van der Waals surface area contributed by atoms with Gasteiger partial charge in [0.25, 0.3) is 0 Å². The normalized spacial score (nSPS) is 12.4. The molecular weight excluding hydrogens is 867 g/mol. The lowest BCUT2D eigenvalue weighted by atomic mass is 9.82. The molecule has 0 spiro atoms. The molecular formula is C71H51N. The van der Waals surface area contributed by atoms with E-state index >= 15 is 0 Å². The Morgan fingerprint density at radius 3 is 1.33 bits per heavy atom. The average molecular weight is 918 g/mol. The molecule has 1 heteroatoms. The maximum atomic E-state index is 2.57. The number of hydrogen-bond acceptors (Lipinski definition) is 1. The summed E-state index contributed by atoms with van der Waals surface area (Å²) in [4.78, 5) is 2.57. The van der Waals surface area contributed by atoms with Crippen LogP contribution in [-0.2, 0) is 5.41 Å². The number of fused-ring (bicyclic) bond motifs is 6. The zero-order valence-corrected chi connectivity index (χ0v) is 40.4. The predicted octanol–water partition coefficient (Wildman–Crippen LogP) is 19.8. The third-order valence-electron chi connectivity index (χ3n) is 15.1. The van der Waals surface area contributed by atoms with E-state index in [1.165, 1.54) is 105 Å². The summed E-state index contributed by atoms with van der Waals surface area (Å²) in [5, 5.41) is 4.84. The molecule has 340 valence electrons. The molecule has 0 saturated carbocycles. The van der Waals surface area contributed by atoms with E-state index in [-0.39, 0.29) is 5.41 Å². The molecule has 0 unspecified atom stereocenters. The van der Waals surface area contributed by atoms with Crippen LogP contribution in [0.15, 0.2) is 273 Å². The lowest BCUT2D eigenvalue weighted by Crippen LogP contribution is -2.17. The lowest BCUT2D eigenvalue weighted by molar-refractivity contribution is 0.660. The van der Waals surface area contributed by atoms with Gasteiger partial charge in [0.1, 0.15) is 0 Å². The van der Waals surface area contributed by atoms with E-state index < -0.39 is 0 Å². The largest absolute Gasteiger partial charge is 0.309 e. The minimum Gasteiger partial charge on any atom is -0.309 e. The Bertz CT molecular complexity index is 3980. The molecule has 13 rings (SSSR count). The Balaban J connectivity index is 1.08. The highest BCUT2D eigenvalue weighted by Gasteiger charge is 2.36. The van der Waals surface area contributed by atoms with Gasteiger partial charge in [0.2, 0.25) is 0 Å². The molecule has 0 amide bonds. The van der Waals surface area contributed by atoms with Crippen LogP contribution in [0.3, 0.4) is 0 Å². The molecule has 0 fully saturated rings. The molecule has 0 saturated heterocycles. The molecule has 0 heterocycles. The monoisotopic (exact) mass is 917 g/mol. The van der Waals surface area contributed by atoms with Crippen molar-refractivity contribution in [3.63, 3.8) is 0 Å². The van der Waals surface area contributed by atoms with Crippen LogP contribution in [0.5, 0.6) is 0 Å².